The van der Waals surface area contributed by atoms with Crippen molar-refractivity contribution in [3.8, 4) is 0 Å². The normalized spacial score (nSPS) is 12.0. The minimum absolute atomic E-state index is 0.785. The molecule has 0 unspecified atom stereocenters. The summed E-state index contributed by atoms with van der Waals surface area (Å²) in [5.41, 5.74) is 0. The van der Waals surface area contributed by atoms with Gasteiger partial charge in [-0.15, -0.1) is 0 Å². The van der Waals surface area contributed by atoms with Crippen molar-refractivity contribution in [1.82, 2.24) is 0 Å². The molecule has 0 spiro atoms. The third-order valence-electron chi connectivity index (χ3n) is 0.806. The average molecular weight is 224 g/mol. The summed E-state index contributed by atoms with van der Waals surface area (Å²) >= 11 is 1.05. The molecule has 47 valence electrons. The zero-order valence-electron chi connectivity index (χ0n) is 5.22. The summed E-state index contributed by atoms with van der Waals surface area (Å²) in [5.74, 6) is 0. The van der Waals surface area contributed by atoms with E-state index in [9.17, 15) is 0 Å². The van der Waals surface area contributed by atoms with Crippen LogP contribution in [0.4, 0.5) is 0 Å². The maximum absolute atomic E-state index is 4.83. The van der Waals surface area contributed by atoms with Gasteiger partial charge in [0.15, 0.2) is 0 Å². The first-order valence-corrected chi connectivity index (χ1v) is 3.51. The van der Waals surface area contributed by atoms with Crippen LogP contribution in [0.25, 0.3) is 0 Å². The molecule has 0 saturated heterocycles. The molecule has 8 heavy (non-hydrogen) atoms. The Morgan fingerprint density at radius 2 is 1.25 bits per heavy atom. The molecule has 0 atom stereocenters. The van der Waals surface area contributed by atoms with Gasteiger partial charge in [-0.3, -0.25) is 0 Å². The summed E-state index contributed by atoms with van der Waals surface area (Å²) in [6.45, 7) is 0. The Morgan fingerprint density at radius 1 is 1.00 bits per heavy atom. The minimum atomic E-state index is -0.785. The molecule has 0 aromatic heterocycles. The first kappa shape index (κ1) is 8.68. The number of rotatable bonds is 3. The van der Waals surface area contributed by atoms with Crippen molar-refractivity contribution in [2.24, 2.45) is 0 Å². The number of hydrogen-bond acceptors (Lipinski definition) is 3. The topological polar surface area (TPSA) is 27.7 Å². The first-order valence-electron chi connectivity index (χ1n) is 2.09. The standard InChI is InChI=1S/C4H9O3.Sn/c1-5-4(6-2)7-3;/h1-3H3;. The SMILES string of the molecule is CO[C]([Sn])(OC)OC. The van der Waals surface area contributed by atoms with Crippen LogP contribution in [0, 0.1) is 0 Å². The second-order valence-corrected chi connectivity index (χ2v) is 2.92. The third-order valence-corrected chi connectivity index (χ3v) is 2.55. The summed E-state index contributed by atoms with van der Waals surface area (Å²) in [5, 5.41) is 0. The van der Waals surface area contributed by atoms with E-state index in [1.165, 1.54) is 0 Å². The zero-order valence-corrected chi connectivity index (χ0v) is 8.08. The molecule has 0 fully saturated rings. The molecule has 0 aromatic rings. The molecule has 3 radical (unpaired) electrons. The Morgan fingerprint density at radius 3 is 1.25 bits per heavy atom. The van der Waals surface area contributed by atoms with Crippen molar-refractivity contribution in [2.75, 3.05) is 21.3 Å². The van der Waals surface area contributed by atoms with Gasteiger partial charge in [-0.2, -0.15) is 0 Å². The van der Waals surface area contributed by atoms with Crippen LogP contribution < -0.4 is 0 Å². The van der Waals surface area contributed by atoms with Crippen LogP contribution in [-0.4, -0.2) is 47.8 Å². The van der Waals surface area contributed by atoms with E-state index in [1.54, 1.807) is 21.3 Å². The number of ether oxygens (including phenoxy) is 3. The molecule has 0 rings (SSSR count). The van der Waals surface area contributed by atoms with E-state index in [-0.39, 0.29) is 0 Å². The fraction of sp³-hybridized carbons (Fsp3) is 1.00. The van der Waals surface area contributed by atoms with Gasteiger partial charge in [0.25, 0.3) is 0 Å². The van der Waals surface area contributed by atoms with Gasteiger partial charge in [0.05, 0.1) is 0 Å². The molecule has 0 heterocycles. The van der Waals surface area contributed by atoms with Crippen LogP contribution in [0.2, 0.25) is 0 Å². The van der Waals surface area contributed by atoms with E-state index in [0.717, 1.165) is 22.5 Å². The molecule has 0 aliphatic rings. The van der Waals surface area contributed by atoms with Gasteiger partial charge in [0.1, 0.15) is 0 Å². The van der Waals surface area contributed by atoms with Gasteiger partial charge in [-0.1, -0.05) is 0 Å². The van der Waals surface area contributed by atoms with Crippen molar-refractivity contribution in [3.05, 3.63) is 0 Å². The van der Waals surface area contributed by atoms with Gasteiger partial charge in [-0.05, 0) is 0 Å². The molecule has 0 saturated carbocycles. The Hall–Kier alpha value is 0.679. The van der Waals surface area contributed by atoms with E-state index < -0.39 is 3.99 Å². The van der Waals surface area contributed by atoms with E-state index in [0.29, 0.717) is 0 Å². The second-order valence-electron chi connectivity index (χ2n) is 1.17. The predicted octanol–water partition coefficient (Wildman–Crippen LogP) is -0.295. The number of methoxy groups -OCH3 is 3. The predicted molar refractivity (Wildman–Crippen MR) is 29.5 cm³/mol. The first-order chi connectivity index (χ1) is 3.68. The van der Waals surface area contributed by atoms with Crippen LogP contribution in [0.3, 0.4) is 0 Å². The van der Waals surface area contributed by atoms with Crippen molar-refractivity contribution < 1.29 is 14.2 Å². The molecule has 0 amide bonds. The Balaban J connectivity index is 3.58. The van der Waals surface area contributed by atoms with Gasteiger partial charge >= 0.3 is 62.1 Å². The summed E-state index contributed by atoms with van der Waals surface area (Å²) in [4.78, 5) is 0. The molecule has 0 aliphatic carbocycles. The summed E-state index contributed by atoms with van der Waals surface area (Å²) in [6, 6.07) is 0. The molecule has 0 N–H and O–H groups in total. The Kier molecular flexibility index (Phi) is 3.97. The molecule has 0 aliphatic heterocycles. The molecule has 0 bridgehead atoms. The van der Waals surface area contributed by atoms with Gasteiger partial charge in [-0.25, -0.2) is 0 Å². The van der Waals surface area contributed by atoms with Crippen molar-refractivity contribution in [2.45, 2.75) is 3.99 Å². The third kappa shape index (κ3) is 2.30. The Labute approximate surface area is 62.4 Å². The van der Waals surface area contributed by atoms with Crippen molar-refractivity contribution in [1.29, 1.82) is 0 Å². The van der Waals surface area contributed by atoms with Crippen LogP contribution in [0.1, 0.15) is 0 Å². The van der Waals surface area contributed by atoms with E-state index in [4.69, 9.17) is 14.2 Å². The average Bonchev–Trinajstić information content (AvgIpc) is 1.87. The fourth-order valence-electron chi connectivity index (χ4n) is 0.250. The Bertz CT molecular complexity index is 54.0. The van der Waals surface area contributed by atoms with Crippen molar-refractivity contribution >= 4 is 22.5 Å². The molecule has 0 aromatic carbocycles. The van der Waals surface area contributed by atoms with E-state index in [2.05, 4.69) is 0 Å². The quantitative estimate of drug-likeness (QED) is 0.486. The van der Waals surface area contributed by atoms with Crippen LogP contribution in [-0.2, 0) is 14.2 Å². The zero-order chi connectivity index (χ0) is 6.62. The fourth-order valence-corrected chi connectivity index (χ4v) is 0.250. The van der Waals surface area contributed by atoms with Crippen LogP contribution >= 0.6 is 0 Å². The molecule has 4 heteroatoms. The van der Waals surface area contributed by atoms with Gasteiger partial charge in [0.2, 0.25) is 0 Å². The number of hydrogen-bond donors (Lipinski definition) is 0. The summed E-state index contributed by atoms with van der Waals surface area (Å²) in [6.07, 6.45) is 0. The second kappa shape index (κ2) is 3.66. The van der Waals surface area contributed by atoms with E-state index >= 15 is 0 Å². The summed E-state index contributed by atoms with van der Waals surface area (Å²) in [7, 11) is 4.63. The molecular formula is C4H9O3Sn. The molecule has 3 nitrogen and oxygen atoms in total. The van der Waals surface area contributed by atoms with Crippen molar-refractivity contribution in [3.63, 3.8) is 0 Å². The van der Waals surface area contributed by atoms with Crippen LogP contribution in [0.15, 0.2) is 0 Å². The molecular weight excluding hydrogens is 215 g/mol. The monoisotopic (exact) mass is 225 g/mol. The van der Waals surface area contributed by atoms with Gasteiger partial charge < -0.3 is 0 Å². The summed E-state index contributed by atoms with van der Waals surface area (Å²) < 4.78 is 13.7. The van der Waals surface area contributed by atoms with E-state index in [1.807, 2.05) is 0 Å². The maximum atomic E-state index is 4.83. The van der Waals surface area contributed by atoms with Crippen LogP contribution in [0.5, 0.6) is 0 Å². The van der Waals surface area contributed by atoms with Gasteiger partial charge in [0, 0.05) is 0 Å².